The van der Waals surface area contributed by atoms with Crippen molar-refractivity contribution in [3.63, 3.8) is 0 Å². The van der Waals surface area contributed by atoms with E-state index in [1.54, 1.807) is 30.9 Å². The number of nitrogens with zero attached hydrogens (tertiary/aromatic N) is 5. The van der Waals surface area contributed by atoms with Crippen LogP contribution in [-0.2, 0) is 4.74 Å². The fourth-order valence-corrected chi connectivity index (χ4v) is 2.77. The quantitative estimate of drug-likeness (QED) is 0.923. The van der Waals surface area contributed by atoms with Gasteiger partial charge in [-0.1, -0.05) is 20.8 Å². The van der Waals surface area contributed by atoms with Crippen molar-refractivity contribution >= 4 is 11.8 Å². The van der Waals surface area contributed by atoms with Gasteiger partial charge in [-0.05, 0) is 11.5 Å². The molecule has 2 aromatic heterocycles. The zero-order chi connectivity index (χ0) is 17.0. The Kier molecular flexibility index (Phi) is 5.01. The molecule has 0 bridgehead atoms. The number of rotatable bonds is 4. The monoisotopic (exact) mass is 328 g/mol. The molecule has 3 rings (SSSR count). The number of hydrogen-bond acceptors (Lipinski definition) is 7. The molecule has 0 aromatic carbocycles. The van der Waals surface area contributed by atoms with Gasteiger partial charge in [-0.25, -0.2) is 15.0 Å². The van der Waals surface area contributed by atoms with E-state index in [1.807, 2.05) is 0 Å². The van der Waals surface area contributed by atoms with Crippen molar-refractivity contribution in [1.29, 1.82) is 0 Å². The van der Waals surface area contributed by atoms with Crippen LogP contribution >= 0.6 is 0 Å². The first-order valence-electron chi connectivity index (χ1n) is 8.19. The smallest absolute Gasteiger partial charge is 0.228 e. The van der Waals surface area contributed by atoms with Crippen molar-refractivity contribution < 1.29 is 4.74 Å². The lowest BCUT2D eigenvalue weighted by Crippen LogP contribution is -2.42. The highest BCUT2D eigenvalue weighted by atomic mass is 16.5. The number of ether oxygens (including phenoxy) is 1. The van der Waals surface area contributed by atoms with Crippen molar-refractivity contribution in [2.45, 2.75) is 26.9 Å². The van der Waals surface area contributed by atoms with Gasteiger partial charge >= 0.3 is 0 Å². The first kappa shape index (κ1) is 16.7. The number of anilines is 2. The fraction of sp³-hybridized carbons (Fsp3) is 0.529. The number of nitrogens with one attached hydrogen (secondary N) is 1. The van der Waals surface area contributed by atoms with Crippen LogP contribution in [0.1, 0.15) is 32.6 Å². The van der Waals surface area contributed by atoms with Crippen LogP contribution in [-0.4, -0.2) is 51.1 Å². The van der Waals surface area contributed by atoms with Crippen LogP contribution in [0.25, 0.3) is 0 Å². The standard InChI is InChI=1S/C17H24N6O/c1-17(2,3)12-23-7-8-24-14(11-23)13-9-18-10-15(21-13)22-16-19-5-4-6-20-16/h4-6,9-10,14H,7-8,11-12H2,1-3H3,(H,19,20,21,22)/t14-/m1/s1. The molecule has 2 aromatic rings. The van der Waals surface area contributed by atoms with Gasteiger partial charge in [0, 0.05) is 32.0 Å². The summed E-state index contributed by atoms with van der Waals surface area (Å²) in [6, 6.07) is 1.77. The van der Waals surface area contributed by atoms with E-state index in [-0.39, 0.29) is 11.5 Å². The maximum Gasteiger partial charge on any atom is 0.228 e. The molecule has 128 valence electrons. The highest BCUT2D eigenvalue weighted by molar-refractivity contribution is 5.45. The Morgan fingerprint density at radius 3 is 2.79 bits per heavy atom. The summed E-state index contributed by atoms with van der Waals surface area (Å²) in [6.07, 6.45) is 6.73. The van der Waals surface area contributed by atoms with Gasteiger partial charge in [-0.3, -0.25) is 9.88 Å². The average Bonchev–Trinajstić information content (AvgIpc) is 2.55. The highest BCUT2D eigenvalue weighted by Crippen LogP contribution is 2.24. The molecule has 0 radical (unpaired) electrons. The molecular weight excluding hydrogens is 304 g/mol. The van der Waals surface area contributed by atoms with Crippen LogP contribution < -0.4 is 5.32 Å². The van der Waals surface area contributed by atoms with Crippen LogP contribution in [0, 0.1) is 5.41 Å². The Morgan fingerprint density at radius 2 is 2.04 bits per heavy atom. The van der Waals surface area contributed by atoms with Gasteiger partial charge in [0.15, 0.2) is 5.82 Å². The highest BCUT2D eigenvalue weighted by Gasteiger charge is 2.26. The molecular formula is C17H24N6O. The van der Waals surface area contributed by atoms with Crippen LogP contribution in [0.15, 0.2) is 30.9 Å². The first-order chi connectivity index (χ1) is 11.5. The zero-order valence-corrected chi connectivity index (χ0v) is 14.4. The fourth-order valence-electron chi connectivity index (χ4n) is 2.77. The molecule has 1 saturated heterocycles. The summed E-state index contributed by atoms with van der Waals surface area (Å²) in [5, 5.41) is 3.07. The lowest BCUT2D eigenvalue weighted by atomic mass is 9.95. The number of hydrogen-bond donors (Lipinski definition) is 1. The van der Waals surface area contributed by atoms with Crippen LogP contribution in [0.5, 0.6) is 0 Å². The maximum atomic E-state index is 5.91. The predicted molar refractivity (Wildman–Crippen MR) is 91.9 cm³/mol. The topological polar surface area (TPSA) is 76.1 Å². The Bertz CT molecular complexity index is 658. The van der Waals surface area contributed by atoms with Gasteiger partial charge in [-0.15, -0.1) is 0 Å². The molecule has 0 unspecified atom stereocenters. The van der Waals surface area contributed by atoms with Crippen molar-refractivity contribution in [3.8, 4) is 0 Å². The van der Waals surface area contributed by atoms with Gasteiger partial charge in [0.1, 0.15) is 6.10 Å². The SMILES string of the molecule is CC(C)(C)CN1CCO[C@@H](c2cncc(Nc3ncccn3)n2)C1. The molecule has 24 heavy (non-hydrogen) atoms. The molecule has 1 aliphatic heterocycles. The van der Waals surface area contributed by atoms with Crippen LogP contribution in [0.4, 0.5) is 11.8 Å². The predicted octanol–water partition coefficient (Wildman–Crippen LogP) is 2.43. The minimum Gasteiger partial charge on any atom is -0.369 e. The molecule has 3 heterocycles. The third-order valence-electron chi connectivity index (χ3n) is 3.64. The summed E-state index contributed by atoms with van der Waals surface area (Å²) in [7, 11) is 0. The third-order valence-corrected chi connectivity index (χ3v) is 3.64. The number of morpholine rings is 1. The van der Waals surface area contributed by atoms with E-state index < -0.39 is 0 Å². The Labute approximate surface area is 142 Å². The number of aromatic nitrogens is 4. The summed E-state index contributed by atoms with van der Waals surface area (Å²) in [4.78, 5) is 19.6. The Balaban J connectivity index is 1.69. The van der Waals surface area contributed by atoms with E-state index in [4.69, 9.17) is 4.74 Å². The lowest BCUT2D eigenvalue weighted by Gasteiger charge is -2.36. The van der Waals surface area contributed by atoms with Gasteiger partial charge in [0.2, 0.25) is 5.95 Å². The largest absolute Gasteiger partial charge is 0.369 e. The second-order valence-electron chi connectivity index (χ2n) is 7.18. The summed E-state index contributed by atoms with van der Waals surface area (Å²) in [5.74, 6) is 1.12. The molecule has 7 nitrogen and oxygen atoms in total. The normalized spacial score (nSPS) is 19.2. The molecule has 7 heteroatoms. The van der Waals surface area contributed by atoms with E-state index in [0.717, 1.165) is 25.3 Å². The molecule has 1 aliphatic rings. The maximum absolute atomic E-state index is 5.91. The Hall–Kier alpha value is -2.12. The van der Waals surface area contributed by atoms with Gasteiger partial charge in [-0.2, -0.15) is 0 Å². The summed E-state index contributed by atoms with van der Waals surface area (Å²) in [5.41, 5.74) is 1.09. The lowest BCUT2D eigenvalue weighted by molar-refractivity contribution is -0.0408. The second-order valence-corrected chi connectivity index (χ2v) is 7.18. The van der Waals surface area contributed by atoms with E-state index in [0.29, 0.717) is 18.4 Å². The summed E-state index contributed by atoms with van der Waals surface area (Å²) < 4.78 is 5.91. The summed E-state index contributed by atoms with van der Waals surface area (Å²) >= 11 is 0. The van der Waals surface area contributed by atoms with Gasteiger partial charge in [0.25, 0.3) is 0 Å². The molecule has 0 amide bonds. The molecule has 0 saturated carbocycles. The molecule has 1 N–H and O–H groups in total. The van der Waals surface area contributed by atoms with Crippen molar-refractivity contribution in [1.82, 2.24) is 24.8 Å². The second kappa shape index (κ2) is 7.19. The molecule has 0 aliphatic carbocycles. The van der Waals surface area contributed by atoms with E-state index >= 15 is 0 Å². The molecule has 0 spiro atoms. The van der Waals surface area contributed by atoms with Crippen molar-refractivity contribution in [3.05, 3.63) is 36.5 Å². The van der Waals surface area contributed by atoms with E-state index in [1.165, 1.54) is 0 Å². The molecule has 1 fully saturated rings. The first-order valence-corrected chi connectivity index (χ1v) is 8.19. The average molecular weight is 328 g/mol. The minimum absolute atomic E-state index is 0.0629. The third kappa shape index (κ3) is 4.69. The van der Waals surface area contributed by atoms with Crippen LogP contribution in [0.2, 0.25) is 0 Å². The van der Waals surface area contributed by atoms with Crippen molar-refractivity contribution in [2.75, 3.05) is 31.6 Å². The molecule has 1 atom stereocenters. The van der Waals surface area contributed by atoms with Gasteiger partial charge in [0.05, 0.1) is 24.7 Å². The van der Waals surface area contributed by atoms with E-state index in [2.05, 4.69) is 50.9 Å². The summed E-state index contributed by atoms with van der Waals surface area (Å²) in [6.45, 7) is 10.3. The Morgan fingerprint density at radius 1 is 1.25 bits per heavy atom. The van der Waals surface area contributed by atoms with Gasteiger partial charge < -0.3 is 10.1 Å². The van der Waals surface area contributed by atoms with Crippen molar-refractivity contribution in [2.24, 2.45) is 5.41 Å². The zero-order valence-electron chi connectivity index (χ0n) is 14.4. The van der Waals surface area contributed by atoms with E-state index in [9.17, 15) is 0 Å². The minimum atomic E-state index is -0.0629. The van der Waals surface area contributed by atoms with Crippen LogP contribution in [0.3, 0.4) is 0 Å².